The normalized spacial score (nSPS) is 11.1. The van der Waals surface area contributed by atoms with E-state index in [1.165, 1.54) is 30.3 Å². The number of benzene rings is 2. The van der Waals surface area contributed by atoms with Crippen LogP contribution in [0.15, 0.2) is 48.0 Å². The highest BCUT2D eigenvalue weighted by molar-refractivity contribution is 6.09. The SMILES string of the molecule is CC(C)c1ccc(/C=C(\C#N)C(=O)Nc2ccccc2F)cc1[N+](=O)[O-]. The molecule has 132 valence electrons. The molecule has 2 aromatic rings. The number of anilines is 1. The van der Waals surface area contributed by atoms with Crippen LogP contribution in [0.5, 0.6) is 0 Å². The minimum atomic E-state index is -0.798. The summed E-state index contributed by atoms with van der Waals surface area (Å²) < 4.78 is 13.6. The number of nitro groups is 1. The smallest absolute Gasteiger partial charge is 0.273 e. The van der Waals surface area contributed by atoms with Crippen molar-refractivity contribution in [1.82, 2.24) is 0 Å². The number of carbonyl (C=O) groups is 1. The van der Waals surface area contributed by atoms with Crippen molar-refractivity contribution in [2.24, 2.45) is 0 Å². The number of carbonyl (C=O) groups excluding carboxylic acids is 1. The Bertz CT molecular complexity index is 930. The molecule has 0 radical (unpaired) electrons. The summed E-state index contributed by atoms with van der Waals surface area (Å²) in [6.45, 7) is 3.67. The molecule has 1 N–H and O–H groups in total. The highest BCUT2D eigenvalue weighted by Crippen LogP contribution is 2.28. The fraction of sp³-hybridized carbons (Fsp3) is 0.158. The van der Waals surface area contributed by atoms with Gasteiger partial charge in [0.15, 0.2) is 0 Å². The molecule has 0 unspecified atom stereocenters. The van der Waals surface area contributed by atoms with Gasteiger partial charge in [-0.15, -0.1) is 0 Å². The van der Waals surface area contributed by atoms with Crippen LogP contribution in [0.25, 0.3) is 6.08 Å². The summed E-state index contributed by atoms with van der Waals surface area (Å²) in [4.78, 5) is 22.9. The molecule has 0 aliphatic rings. The molecule has 6 nitrogen and oxygen atoms in total. The van der Waals surface area contributed by atoms with Crippen LogP contribution < -0.4 is 5.32 Å². The maximum atomic E-state index is 13.6. The largest absolute Gasteiger partial charge is 0.319 e. The average Bonchev–Trinajstić information content (AvgIpc) is 2.61. The summed E-state index contributed by atoms with van der Waals surface area (Å²) in [6, 6.07) is 11.8. The first-order valence-electron chi connectivity index (χ1n) is 7.79. The van der Waals surface area contributed by atoms with Gasteiger partial charge in [0.05, 0.1) is 10.6 Å². The molecule has 7 heteroatoms. The second kappa shape index (κ2) is 8.03. The molecular formula is C19H16FN3O3. The fourth-order valence-corrected chi connectivity index (χ4v) is 2.36. The first-order chi connectivity index (χ1) is 12.3. The van der Waals surface area contributed by atoms with Gasteiger partial charge in [-0.25, -0.2) is 4.39 Å². The Balaban J connectivity index is 2.35. The number of hydrogen-bond donors (Lipinski definition) is 1. The van der Waals surface area contributed by atoms with Crippen molar-refractivity contribution >= 4 is 23.4 Å². The standard InChI is InChI=1S/C19H16FN3O3/c1-12(2)15-8-7-13(10-18(15)23(25)26)9-14(11-21)19(24)22-17-6-4-3-5-16(17)20/h3-10,12H,1-2H3,(H,22,24)/b14-9+. The number of halogens is 1. The molecule has 1 amide bonds. The number of nitrogens with zero attached hydrogens (tertiary/aromatic N) is 2. The first kappa shape index (κ1) is 18.8. The van der Waals surface area contributed by atoms with Gasteiger partial charge < -0.3 is 5.32 Å². The lowest BCUT2D eigenvalue weighted by Crippen LogP contribution is -2.14. The predicted molar refractivity (Wildman–Crippen MR) is 95.8 cm³/mol. The van der Waals surface area contributed by atoms with E-state index in [1.54, 1.807) is 24.3 Å². The monoisotopic (exact) mass is 353 g/mol. The van der Waals surface area contributed by atoms with Crippen molar-refractivity contribution in [2.45, 2.75) is 19.8 Å². The molecule has 0 aliphatic carbocycles. The number of para-hydroxylation sites is 1. The van der Waals surface area contributed by atoms with E-state index in [0.717, 1.165) is 0 Å². The van der Waals surface area contributed by atoms with E-state index in [0.29, 0.717) is 11.1 Å². The van der Waals surface area contributed by atoms with Crippen LogP contribution in [-0.2, 0) is 4.79 Å². The molecule has 0 bridgehead atoms. The van der Waals surface area contributed by atoms with Crippen LogP contribution in [0.3, 0.4) is 0 Å². The average molecular weight is 353 g/mol. The molecule has 0 saturated carbocycles. The zero-order chi connectivity index (χ0) is 19.3. The van der Waals surface area contributed by atoms with Gasteiger partial charge >= 0.3 is 0 Å². The van der Waals surface area contributed by atoms with Gasteiger partial charge in [-0.3, -0.25) is 14.9 Å². The summed E-state index contributed by atoms with van der Waals surface area (Å²) in [6.07, 6.45) is 1.23. The number of hydrogen-bond acceptors (Lipinski definition) is 4. The van der Waals surface area contributed by atoms with Gasteiger partial charge in [-0.1, -0.05) is 38.1 Å². The van der Waals surface area contributed by atoms with Crippen LogP contribution in [0.1, 0.15) is 30.9 Å². The minimum Gasteiger partial charge on any atom is -0.319 e. The third kappa shape index (κ3) is 4.30. The van der Waals surface area contributed by atoms with E-state index in [-0.39, 0.29) is 22.9 Å². The van der Waals surface area contributed by atoms with E-state index >= 15 is 0 Å². The molecule has 0 aliphatic heterocycles. The zero-order valence-corrected chi connectivity index (χ0v) is 14.2. The van der Waals surface area contributed by atoms with Crippen molar-refractivity contribution in [3.05, 3.63) is 75.1 Å². The lowest BCUT2D eigenvalue weighted by Gasteiger charge is -2.08. The maximum absolute atomic E-state index is 13.6. The third-order valence-electron chi connectivity index (χ3n) is 3.67. The quantitative estimate of drug-likeness (QED) is 0.373. The van der Waals surface area contributed by atoms with Crippen LogP contribution in [0.4, 0.5) is 15.8 Å². The van der Waals surface area contributed by atoms with E-state index in [2.05, 4.69) is 5.32 Å². The lowest BCUT2D eigenvalue weighted by molar-refractivity contribution is -0.385. The Kier molecular flexibility index (Phi) is 5.81. The van der Waals surface area contributed by atoms with Crippen molar-refractivity contribution in [2.75, 3.05) is 5.32 Å². The number of nitro benzene ring substituents is 1. The minimum absolute atomic E-state index is 0.0479. The maximum Gasteiger partial charge on any atom is 0.273 e. The van der Waals surface area contributed by atoms with E-state index in [1.807, 2.05) is 13.8 Å². The molecule has 2 rings (SSSR count). The number of nitriles is 1. The van der Waals surface area contributed by atoms with Gasteiger partial charge in [0.2, 0.25) is 0 Å². The molecule has 2 aromatic carbocycles. The van der Waals surface area contributed by atoms with Gasteiger partial charge in [0, 0.05) is 11.6 Å². The summed E-state index contributed by atoms with van der Waals surface area (Å²) >= 11 is 0. The molecule has 0 atom stereocenters. The topological polar surface area (TPSA) is 96.0 Å². The summed E-state index contributed by atoms with van der Waals surface area (Å²) in [5.74, 6) is -1.48. The molecule has 0 spiro atoms. The highest BCUT2D eigenvalue weighted by Gasteiger charge is 2.18. The van der Waals surface area contributed by atoms with Gasteiger partial charge in [0.1, 0.15) is 17.5 Å². The first-order valence-corrected chi connectivity index (χ1v) is 7.79. The van der Waals surface area contributed by atoms with Gasteiger partial charge in [-0.2, -0.15) is 5.26 Å². The summed E-state index contributed by atoms with van der Waals surface area (Å²) in [5, 5.41) is 22.8. The number of nitrogens with one attached hydrogen (secondary N) is 1. The van der Waals surface area contributed by atoms with Crippen molar-refractivity contribution in [1.29, 1.82) is 5.26 Å². The number of rotatable bonds is 5. The fourth-order valence-electron chi connectivity index (χ4n) is 2.36. The van der Waals surface area contributed by atoms with Crippen LogP contribution in [-0.4, -0.2) is 10.8 Å². The van der Waals surface area contributed by atoms with Gasteiger partial charge in [-0.05, 0) is 29.7 Å². The second-order valence-corrected chi connectivity index (χ2v) is 5.83. The van der Waals surface area contributed by atoms with E-state index in [4.69, 9.17) is 0 Å². The van der Waals surface area contributed by atoms with Gasteiger partial charge in [0.25, 0.3) is 11.6 Å². The second-order valence-electron chi connectivity index (χ2n) is 5.83. The van der Waals surface area contributed by atoms with Crippen LogP contribution in [0.2, 0.25) is 0 Å². The van der Waals surface area contributed by atoms with Crippen molar-refractivity contribution < 1.29 is 14.1 Å². The molecule has 0 aromatic heterocycles. The molecule has 26 heavy (non-hydrogen) atoms. The predicted octanol–water partition coefficient (Wildman–Crippen LogP) is 4.40. The molecule has 0 heterocycles. The van der Waals surface area contributed by atoms with Crippen molar-refractivity contribution in [3.8, 4) is 6.07 Å². The molecule has 0 saturated heterocycles. The van der Waals surface area contributed by atoms with E-state index < -0.39 is 16.6 Å². The Labute approximate surface area is 149 Å². The van der Waals surface area contributed by atoms with Crippen molar-refractivity contribution in [3.63, 3.8) is 0 Å². The summed E-state index contributed by atoms with van der Waals surface area (Å²) in [7, 11) is 0. The number of amides is 1. The summed E-state index contributed by atoms with van der Waals surface area (Å²) in [5.41, 5.74) is 0.461. The van der Waals surface area contributed by atoms with E-state index in [9.17, 15) is 24.6 Å². The molecular weight excluding hydrogens is 337 g/mol. The third-order valence-corrected chi connectivity index (χ3v) is 3.67. The Morgan fingerprint density at radius 2 is 2.00 bits per heavy atom. The Morgan fingerprint density at radius 3 is 2.58 bits per heavy atom. The molecule has 0 fully saturated rings. The Hall–Kier alpha value is -3.53. The highest BCUT2D eigenvalue weighted by atomic mass is 19.1. The van der Waals surface area contributed by atoms with Crippen LogP contribution in [0, 0.1) is 27.3 Å². The van der Waals surface area contributed by atoms with Crippen LogP contribution >= 0.6 is 0 Å². The Morgan fingerprint density at radius 1 is 1.31 bits per heavy atom. The lowest BCUT2D eigenvalue weighted by atomic mass is 9.98. The zero-order valence-electron chi connectivity index (χ0n) is 14.2.